The summed E-state index contributed by atoms with van der Waals surface area (Å²) in [5.41, 5.74) is 0. The molecule has 2 heterocycles. The molecule has 4 atom stereocenters. The lowest BCUT2D eigenvalue weighted by molar-refractivity contribution is -0.148. The Balaban J connectivity index is 1.91. The monoisotopic (exact) mass is 270 g/mol. The van der Waals surface area contributed by atoms with Gasteiger partial charge in [-0.15, -0.1) is 0 Å². The van der Waals surface area contributed by atoms with E-state index in [-0.39, 0.29) is 12.2 Å². The first-order chi connectivity index (χ1) is 8.99. The molecule has 0 radical (unpaired) electrons. The quantitative estimate of drug-likeness (QED) is 0.595. The third kappa shape index (κ3) is 3.13. The van der Waals surface area contributed by atoms with Crippen molar-refractivity contribution in [2.45, 2.75) is 32.2 Å². The first-order valence-electron chi connectivity index (χ1n) is 6.34. The Morgan fingerprint density at radius 2 is 1.89 bits per heavy atom. The molecular weight excluding hydrogens is 252 g/mol. The maximum absolute atomic E-state index is 11.4. The van der Waals surface area contributed by atoms with E-state index in [1.165, 1.54) is 0 Å². The van der Waals surface area contributed by atoms with Crippen LogP contribution in [-0.4, -0.2) is 48.6 Å². The summed E-state index contributed by atoms with van der Waals surface area (Å²) in [6.45, 7) is 5.11. The molecule has 2 aliphatic rings. The number of carbonyl (C=O) groups excluding carboxylic acids is 1. The molecular formula is C13H18O6. The Bertz CT molecular complexity index is 389. The number of carboxylic acids is 1. The van der Waals surface area contributed by atoms with Crippen molar-refractivity contribution in [2.75, 3.05) is 13.2 Å². The van der Waals surface area contributed by atoms with E-state index in [1.807, 2.05) is 0 Å². The zero-order chi connectivity index (χ0) is 14.0. The van der Waals surface area contributed by atoms with Gasteiger partial charge in [-0.3, -0.25) is 0 Å². The van der Waals surface area contributed by atoms with E-state index in [1.54, 1.807) is 0 Å². The first-order valence-corrected chi connectivity index (χ1v) is 6.34. The summed E-state index contributed by atoms with van der Waals surface area (Å²) in [4.78, 5) is 21.7. The first kappa shape index (κ1) is 14.0. The fourth-order valence-electron chi connectivity index (χ4n) is 2.49. The number of fused-ring (bicyclic) bond motifs is 1. The van der Waals surface area contributed by atoms with Crippen LogP contribution in [0.4, 0.5) is 0 Å². The van der Waals surface area contributed by atoms with E-state index in [9.17, 15) is 9.59 Å². The molecule has 6 heteroatoms. The number of carboxylic acid groups (broad SMARTS) is 1. The molecule has 1 N–H and O–H groups in total. The summed E-state index contributed by atoms with van der Waals surface area (Å²) in [5, 5.41) is 8.43. The van der Waals surface area contributed by atoms with Gasteiger partial charge in [0.05, 0.1) is 19.3 Å². The van der Waals surface area contributed by atoms with Crippen LogP contribution < -0.4 is 0 Å². The van der Waals surface area contributed by atoms with Gasteiger partial charge in [-0.05, 0) is 5.92 Å². The van der Waals surface area contributed by atoms with Crippen LogP contribution in [0.1, 0.15) is 13.8 Å². The molecule has 2 rings (SSSR count). The van der Waals surface area contributed by atoms with Crippen molar-refractivity contribution in [3.63, 3.8) is 0 Å². The Labute approximate surface area is 111 Å². The molecule has 0 saturated carbocycles. The van der Waals surface area contributed by atoms with E-state index < -0.39 is 18.0 Å². The average Bonchev–Trinajstić information content (AvgIpc) is 2.89. The van der Waals surface area contributed by atoms with Gasteiger partial charge in [-0.25, -0.2) is 9.59 Å². The number of aliphatic carboxylic acids is 1. The second-order valence-corrected chi connectivity index (χ2v) is 5.15. The Hall–Kier alpha value is -1.40. The summed E-state index contributed by atoms with van der Waals surface area (Å²) < 4.78 is 16.5. The third-order valence-electron chi connectivity index (χ3n) is 3.53. The highest BCUT2D eigenvalue weighted by Gasteiger charge is 2.49. The van der Waals surface area contributed by atoms with Crippen molar-refractivity contribution in [1.29, 1.82) is 0 Å². The lowest BCUT2D eigenvalue weighted by atomic mass is 9.90. The fraction of sp³-hybridized carbons (Fsp3) is 0.692. The molecule has 106 valence electrons. The lowest BCUT2D eigenvalue weighted by Crippen LogP contribution is -2.33. The van der Waals surface area contributed by atoms with Crippen molar-refractivity contribution in [2.24, 2.45) is 11.8 Å². The number of rotatable bonds is 4. The summed E-state index contributed by atoms with van der Waals surface area (Å²) in [5.74, 6) is -1.12. The van der Waals surface area contributed by atoms with Gasteiger partial charge in [-0.1, -0.05) is 13.8 Å². The molecule has 0 bridgehead atoms. The molecule has 19 heavy (non-hydrogen) atoms. The van der Waals surface area contributed by atoms with Gasteiger partial charge in [-0.2, -0.15) is 0 Å². The fourth-order valence-corrected chi connectivity index (χ4v) is 2.49. The van der Waals surface area contributed by atoms with Crippen LogP contribution in [0, 0.1) is 11.8 Å². The molecule has 0 aliphatic carbocycles. The van der Waals surface area contributed by atoms with Crippen molar-refractivity contribution >= 4 is 11.9 Å². The topological polar surface area (TPSA) is 82.1 Å². The molecule has 0 aromatic rings. The van der Waals surface area contributed by atoms with Gasteiger partial charge in [0.15, 0.2) is 6.10 Å². The Morgan fingerprint density at radius 1 is 1.21 bits per heavy atom. The van der Waals surface area contributed by atoms with Gasteiger partial charge >= 0.3 is 11.9 Å². The van der Waals surface area contributed by atoms with Crippen molar-refractivity contribution in [3.8, 4) is 0 Å². The van der Waals surface area contributed by atoms with Crippen LogP contribution >= 0.6 is 0 Å². The minimum absolute atomic E-state index is 0.0405. The van der Waals surface area contributed by atoms with Crippen LogP contribution in [0.2, 0.25) is 0 Å². The predicted molar refractivity (Wildman–Crippen MR) is 64.5 cm³/mol. The number of carbonyl (C=O) groups is 2. The highest BCUT2D eigenvalue weighted by atomic mass is 16.6. The van der Waals surface area contributed by atoms with Crippen LogP contribution in [0.5, 0.6) is 0 Å². The highest BCUT2D eigenvalue weighted by molar-refractivity contribution is 5.90. The second-order valence-electron chi connectivity index (χ2n) is 5.15. The Kier molecular flexibility index (Phi) is 4.21. The lowest BCUT2D eigenvalue weighted by Gasteiger charge is -2.19. The zero-order valence-corrected chi connectivity index (χ0v) is 10.9. The van der Waals surface area contributed by atoms with Crippen LogP contribution in [0.25, 0.3) is 0 Å². The average molecular weight is 270 g/mol. The zero-order valence-electron chi connectivity index (χ0n) is 10.9. The minimum Gasteiger partial charge on any atom is -0.478 e. The second kappa shape index (κ2) is 5.71. The van der Waals surface area contributed by atoms with Crippen molar-refractivity contribution in [3.05, 3.63) is 12.2 Å². The van der Waals surface area contributed by atoms with Gasteiger partial charge in [0, 0.05) is 18.1 Å². The van der Waals surface area contributed by atoms with Crippen LogP contribution in [-0.2, 0) is 23.8 Å². The number of esters is 1. The Morgan fingerprint density at radius 3 is 2.53 bits per heavy atom. The molecule has 2 aliphatic heterocycles. The standard InChI is InChI=1S/C13H18O6/c1-7(2)8-5-17-13-9(6-18-12(8)13)19-11(16)4-3-10(14)15/h3-4,7-9,12-13H,5-6H2,1-2H3,(H,14,15)/b4-3-/t8-,9-,12-,13-/m1/s1. The normalized spacial score (nSPS) is 33.8. The van der Waals surface area contributed by atoms with Crippen LogP contribution in [0.15, 0.2) is 12.2 Å². The van der Waals surface area contributed by atoms with E-state index in [4.69, 9.17) is 19.3 Å². The third-order valence-corrected chi connectivity index (χ3v) is 3.53. The maximum Gasteiger partial charge on any atom is 0.331 e. The molecule has 0 amide bonds. The smallest absolute Gasteiger partial charge is 0.331 e. The molecule has 0 spiro atoms. The number of hydrogen-bond acceptors (Lipinski definition) is 5. The van der Waals surface area contributed by atoms with E-state index in [0.717, 1.165) is 12.2 Å². The van der Waals surface area contributed by atoms with E-state index >= 15 is 0 Å². The number of hydrogen-bond donors (Lipinski definition) is 1. The maximum atomic E-state index is 11.4. The van der Waals surface area contributed by atoms with Gasteiger partial charge in [0.1, 0.15) is 6.10 Å². The predicted octanol–water partition coefficient (Wildman–Crippen LogP) is 0.609. The largest absolute Gasteiger partial charge is 0.478 e. The minimum atomic E-state index is -1.19. The van der Waals surface area contributed by atoms with Crippen LogP contribution in [0.3, 0.4) is 0 Å². The van der Waals surface area contributed by atoms with Crippen molar-refractivity contribution in [1.82, 2.24) is 0 Å². The number of ether oxygens (including phenoxy) is 3. The molecule has 0 unspecified atom stereocenters. The van der Waals surface area contributed by atoms with E-state index in [0.29, 0.717) is 25.0 Å². The summed E-state index contributed by atoms with van der Waals surface area (Å²) in [6, 6.07) is 0. The summed E-state index contributed by atoms with van der Waals surface area (Å²) >= 11 is 0. The van der Waals surface area contributed by atoms with E-state index in [2.05, 4.69) is 13.8 Å². The molecule has 0 aromatic carbocycles. The van der Waals surface area contributed by atoms with Gasteiger partial charge < -0.3 is 19.3 Å². The summed E-state index contributed by atoms with van der Waals surface area (Å²) in [6.07, 6.45) is 0.905. The van der Waals surface area contributed by atoms with Gasteiger partial charge in [0.2, 0.25) is 0 Å². The summed E-state index contributed by atoms with van der Waals surface area (Å²) in [7, 11) is 0. The molecule has 2 fully saturated rings. The molecule has 0 aromatic heterocycles. The SMILES string of the molecule is CC(C)[C@H]1CO[C@H]2[C@@H]1OC[C@H]2OC(=O)/C=C\C(=O)O. The highest BCUT2D eigenvalue weighted by Crippen LogP contribution is 2.36. The van der Waals surface area contributed by atoms with Gasteiger partial charge in [0.25, 0.3) is 0 Å². The molecule has 6 nitrogen and oxygen atoms in total. The van der Waals surface area contributed by atoms with Crippen molar-refractivity contribution < 1.29 is 28.9 Å². The molecule has 2 saturated heterocycles.